The zero-order valence-corrected chi connectivity index (χ0v) is 16.5. The highest BCUT2D eigenvalue weighted by molar-refractivity contribution is 7.16. The van der Waals surface area contributed by atoms with Crippen molar-refractivity contribution in [1.82, 2.24) is 4.57 Å². The molecule has 0 bridgehead atoms. The average Bonchev–Trinajstić information content (AvgIpc) is 3.17. The van der Waals surface area contributed by atoms with Gasteiger partial charge in [0.1, 0.15) is 6.54 Å². The Bertz CT molecular complexity index is 888. The Labute approximate surface area is 157 Å². The van der Waals surface area contributed by atoms with E-state index in [0.29, 0.717) is 23.7 Å². The van der Waals surface area contributed by atoms with Gasteiger partial charge >= 0.3 is 5.97 Å². The summed E-state index contributed by atoms with van der Waals surface area (Å²) >= 11 is 1.47. The summed E-state index contributed by atoms with van der Waals surface area (Å²) in [6.45, 7) is 6.28. The molecule has 1 aromatic carbocycles. The first-order valence-electron chi connectivity index (χ1n) is 9.31. The maximum absolute atomic E-state index is 12.5. The zero-order valence-electron chi connectivity index (χ0n) is 15.7. The van der Waals surface area contributed by atoms with Crippen LogP contribution < -0.4 is 4.80 Å². The van der Waals surface area contributed by atoms with Crippen molar-refractivity contribution in [3.8, 4) is 0 Å². The Kier molecular flexibility index (Phi) is 5.91. The second-order valence-corrected chi connectivity index (χ2v) is 8.04. The molecule has 5 nitrogen and oxygen atoms in total. The average molecular weight is 375 g/mol. The van der Waals surface area contributed by atoms with Crippen molar-refractivity contribution in [3.05, 3.63) is 28.1 Å². The van der Waals surface area contributed by atoms with Crippen molar-refractivity contribution in [1.29, 1.82) is 0 Å². The SMILES string of the molecule is CCOC(=O)Cn1c(=NC(=O)CC2CCCC2)sc2c(C)cc(C)cc21. The molecule has 1 saturated carbocycles. The lowest BCUT2D eigenvalue weighted by molar-refractivity contribution is -0.143. The van der Waals surface area contributed by atoms with Crippen LogP contribution in [0.5, 0.6) is 0 Å². The zero-order chi connectivity index (χ0) is 18.7. The number of amides is 1. The van der Waals surface area contributed by atoms with Crippen molar-refractivity contribution < 1.29 is 14.3 Å². The van der Waals surface area contributed by atoms with Crippen molar-refractivity contribution in [3.63, 3.8) is 0 Å². The summed E-state index contributed by atoms with van der Waals surface area (Å²) in [4.78, 5) is 29.5. The molecule has 0 atom stereocenters. The number of rotatable bonds is 5. The third kappa shape index (κ3) is 4.23. The summed E-state index contributed by atoms with van der Waals surface area (Å²) in [6, 6.07) is 4.15. The van der Waals surface area contributed by atoms with Gasteiger partial charge in [0.05, 0.1) is 16.8 Å². The van der Waals surface area contributed by atoms with Crippen molar-refractivity contribution >= 4 is 33.4 Å². The summed E-state index contributed by atoms with van der Waals surface area (Å²) in [5.41, 5.74) is 3.19. The summed E-state index contributed by atoms with van der Waals surface area (Å²) in [5.74, 6) is 0.0645. The summed E-state index contributed by atoms with van der Waals surface area (Å²) in [5, 5.41) is 0. The highest BCUT2D eigenvalue weighted by Gasteiger charge is 2.19. The summed E-state index contributed by atoms with van der Waals surface area (Å²) in [6.07, 6.45) is 5.17. The number of carbonyl (C=O) groups excluding carboxylic acids is 2. The van der Waals surface area contributed by atoms with E-state index in [4.69, 9.17) is 4.74 Å². The first-order chi connectivity index (χ1) is 12.5. The predicted molar refractivity (Wildman–Crippen MR) is 103 cm³/mol. The second kappa shape index (κ2) is 8.16. The van der Waals surface area contributed by atoms with E-state index >= 15 is 0 Å². The Morgan fingerprint density at radius 2 is 2.00 bits per heavy atom. The quantitative estimate of drug-likeness (QED) is 0.746. The maximum Gasteiger partial charge on any atom is 0.326 e. The number of thiazole rings is 1. The highest BCUT2D eigenvalue weighted by atomic mass is 32.1. The van der Waals surface area contributed by atoms with Crippen LogP contribution in [0.4, 0.5) is 0 Å². The van der Waals surface area contributed by atoms with Crippen LogP contribution in [0.2, 0.25) is 0 Å². The number of nitrogens with zero attached hydrogens (tertiary/aromatic N) is 2. The van der Waals surface area contributed by atoms with Crippen LogP contribution >= 0.6 is 11.3 Å². The molecule has 1 amide bonds. The van der Waals surface area contributed by atoms with Gasteiger partial charge in [0.25, 0.3) is 0 Å². The molecule has 140 valence electrons. The van der Waals surface area contributed by atoms with Gasteiger partial charge in [-0.15, -0.1) is 0 Å². The maximum atomic E-state index is 12.5. The van der Waals surface area contributed by atoms with Crippen LogP contribution in [-0.2, 0) is 20.9 Å². The van der Waals surface area contributed by atoms with Crippen molar-refractivity contribution in [2.75, 3.05) is 6.61 Å². The molecule has 1 aliphatic carbocycles. The topological polar surface area (TPSA) is 60.7 Å². The van der Waals surface area contributed by atoms with Gasteiger partial charge in [-0.2, -0.15) is 4.99 Å². The van der Waals surface area contributed by atoms with Gasteiger partial charge in [-0.1, -0.05) is 30.2 Å². The third-order valence-corrected chi connectivity index (χ3v) is 6.09. The number of hydrogen-bond donors (Lipinski definition) is 0. The van der Waals surface area contributed by atoms with E-state index in [1.165, 1.54) is 24.2 Å². The van der Waals surface area contributed by atoms with Crippen molar-refractivity contribution in [2.45, 2.75) is 59.4 Å². The van der Waals surface area contributed by atoms with Gasteiger partial charge in [0.2, 0.25) is 5.91 Å². The van der Waals surface area contributed by atoms with Crippen LogP contribution in [-0.4, -0.2) is 23.1 Å². The number of hydrogen-bond acceptors (Lipinski definition) is 4. The molecule has 0 radical (unpaired) electrons. The van der Waals surface area contributed by atoms with E-state index in [0.717, 1.165) is 34.2 Å². The molecule has 1 aliphatic rings. The fraction of sp³-hybridized carbons (Fsp3) is 0.550. The van der Waals surface area contributed by atoms with E-state index in [1.807, 2.05) is 24.5 Å². The van der Waals surface area contributed by atoms with E-state index < -0.39 is 0 Å². The molecular weight excluding hydrogens is 348 g/mol. The van der Waals surface area contributed by atoms with Gasteiger partial charge < -0.3 is 9.30 Å². The molecule has 1 fully saturated rings. The number of fused-ring (bicyclic) bond motifs is 1. The number of aromatic nitrogens is 1. The number of carbonyl (C=O) groups is 2. The molecule has 0 unspecified atom stereocenters. The number of ether oxygens (including phenoxy) is 1. The van der Waals surface area contributed by atoms with Gasteiger partial charge in [-0.25, -0.2) is 0 Å². The lowest BCUT2D eigenvalue weighted by Gasteiger charge is -2.07. The lowest BCUT2D eigenvalue weighted by atomic mass is 10.0. The Morgan fingerprint density at radius 1 is 1.27 bits per heavy atom. The largest absolute Gasteiger partial charge is 0.465 e. The fourth-order valence-electron chi connectivity index (χ4n) is 3.70. The standard InChI is InChI=1S/C20H26N2O3S/c1-4-25-18(24)12-22-16-10-13(2)9-14(3)19(16)26-20(22)21-17(23)11-15-7-5-6-8-15/h9-10,15H,4-8,11-12H2,1-3H3. The van der Waals surface area contributed by atoms with Crippen LogP contribution in [0, 0.1) is 19.8 Å². The number of esters is 1. The third-order valence-electron chi connectivity index (χ3n) is 4.87. The minimum atomic E-state index is -0.309. The summed E-state index contributed by atoms with van der Waals surface area (Å²) in [7, 11) is 0. The minimum Gasteiger partial charge on any atom is -0.465 e. The number of aryl methyl sites for hydroxylation is 2. The van der Waals surface area contributed by atoms with Gasteiger partial charge in [-0.05, 0) is 56.7 Å². The molecule has 2 aromatic rings. The molecule has 0 saturated heterocycles. The molecular formula is C20H26N2O3S. The Hall–Kier alpha value is -1.95. The molecule has 0 aliphatic heterocycles. The molecule has 0 N–H and O–H groups in total. The molecule has 3 rings (SSSR count). The number of benzene rings is 1. The molecule has 6 heteroatoms. The fourth-order valence-corrected chi connectivity index (χ4v) is 4.80. The van der Waals surface area contributed by atoms with Crippen LogP contribution in [0.1, 0.15) is 50.2 Å². The van der Waals surface area contributed by atoms with Gasteiger partial charge in [0, 0.05) is 6.42 Å². The Balaban J connectivity index is 2.01. The first kappa shape index (κ1) is 18.8. The van der Waals surface area contributed by atoms with Gasteiger partial charge in [-0.3, -0.25) is 9.59 Å². The molecule has 1 heterocycles. The van der Waals surface area contributed by atoms with E-state index in [2.05, 4.69) is 11.1 Å². The highest BCUT2D eigenvalue weighted by Crippen LogP contribution is 2.28. The van der Waals surface area contributed by atoms with E-state index in [1.54, 1.807) is 6.92 Å². The molecule has 0 spiro atoms. The van der Waals surface area contributed by atoms with Crippen LogP contribution in [0.3, 0.4) is 0 Å². The van der Waals surface area contributed by atoms with Gasteiger partial charge in [0.15, 0.2) is 4.80 Å². The minimum absolute atomic E-state index is 0.0757. The normalized spacial score (nSPS) is 15.7. The van der Waals surface area contributed by atoms with Crippen LogP contribution in [0.25, 0.3) is 10.2 Å². The first-order valence-corrected chi connectivity index (χ1v) is 10.1. The predicted octanol–water partition coefficient (Wildman–Crippen LogP) is 3.89. The van der Waals surface area contributed by atoms with Crippen molar-refractivity contribution in [2.24, 2.45) is 10.9 Å². The van der Waals surface area contributed by atoms with E-state index in [9.17, 15) is 9.59 Å². The molecule has 1 aromatic heterocycles. The van der Waals surface area contributed by atoms with E-state index in [-0.39, 0.29) is 18.4 Å². The summed E-state index contributed by atoms with van der Waals surface area (Å²) < 4.78 is 8.00. The van der Waals surface area contributed by atoms with Crippen LogP contribution in [0.15, 0.2) is 17.1 Å². The molecule has 26 heavy (non-hydrogen) atoms. The lowest BCUT2D eigenvalue weighted by Crippen LogP contribution is -2.23. The smallest absolute Gasteiger partial charge is 0.326 e. The monoisotopic (exact) mass is 374 g/mol. The Morgan fingerprint density at radius 3 is 2.69 bits per heavy atom. The second-order valence-electron chi connectivity index (χ2n) is 7.07.